The Hall–Kier alpha value is -0.970. The molecule has 106 valence electrons. The normalized spacial score (nSPS) is 17.6. The zero-order valence-electron chi connectivity index (χ0n) is 12.3. The number of rotatable bonds is 5. The Morgan fingerprint density at radius 1 is 1.32 bits per heavy atom. The number of hydrogen-bond donors (Lipinski definition) is 1. The fourth-order valence-electron chi connectivity index (χ4n) is 2.38. The minimum Gasteiger partial charge on any atom is -0.379 e. The second-order valence-electron chi connectivity index (χ2n) is 5.84. The Morgan fingerprint density at radius 3 is 2.68 bits per heavy atom. The van der Waals surface area contributed by atoms with E-state index in [2.05, 4.69) is 48.1 Å². The van der Waals surface area contributed by atoms with Crippen molar-refractivity contribution in [2.45, 2.75) is 32.9 Å². The van der Waals surface area contributed by atoms with Crippen LogP contribution in [-0.2, 0) is 11.3 Å². The van der Waals surface area contributed by atoms with Crippen molar-refractivity contribution in [2.24, 2.45) is 0 Å². The summed E-state index contributed by atoms with van der Waals surface area (Å²) < 4.78 is 5.41. The van der Waals surface area contributed by atoms with Crippen molar-refractivity contribution >= 4 is 0 Å². The molecule has 1 aromatic rings. The number of ether oxygens (including phenoxy) is 1. The Morgan fingerprint density at radius 2 is 2.05 bits per heavy atom. The molecule has 19 heavy (non-hydrogen) atoms. The smallest absolute Gasteiger partial charge is 0.0594 e. The molecular formula is C15H25N3O. The summed E-state index contributed by atoms with van der Waals surface area (Å²) in [5.41, 5.74) is 2.47. The van der Waals surface area contributed by atoms with E-state index in [0.717, 1.165) is 45.1 Å². The van der Waals surface area contributed by atoms with Gasteiger partial charge in [-0.15, -0.1) is 0 Å². The van der Waals surface area contributed by atoms with Crippen molar-refractivity contribution < 1.29 is 4.74 Å². The van der Waals surface area contributed by atoms with E-state index in [1.807, 2.05) is 6.20 Å². The molecule has 2 heterocycles. The van der Waals surface area contributed by atoms with Gasteiger partial charge in [-0.3, -0.25) is 9.88 Å². The second kappa shape index (κ2) is 6.46. The van der Waals surface area contributed by atoms with Crippen molar-refractivity contribution in [1.82, 2.24) is 15.2 Å². The minimum atomic E-state index is 0.161. The van der Waals surface area contributed by atoms with Gasteiger partial charge in [0.05, 0.1) is 18.9 Å². The van der Waals surface area contributed by atoms with Gasteiger partial charge in [0.2, 0.25) is 0 Å². The molecule has 1 fully saturated rings. The van der Waals surface area contributed by atoms with Crippen LogP contribution in [0.25, 0.3) is 0 Å². The van der Waals surface area contributed by atoms with Crippen molar-refractivity contribution in [3.63, 3.8) is 0 Å². The monoisotopic (exact) mass is 263 g/mol. The Balaban J connectivity index is 1.78. The minimum absolute atomic E-state index is 0.161. The van der Waals surface area contributed by atoms with Gasteiger partial charge in [0, 0.05) is 37.9 Å². The molecule has 0 bridgehead atoms. The molecule has 4 nitrogen and oxygen atoms in total. The highest BCUT2D eigenvalue weighted by Gasteiger charge is 2.27. The Bertz CT molecular complexity index is 383. The van der Waals surface area contributed by atoms with Crippen molar-refractivity contribution in [1.29, 1.82) is 0 Å². The van der Waals surface area contributed by atoms with Gasteiger partial charge in [-0.1, -0.05) is 6.07 Å². The third kappa shape index (κ3) is 4.27. The van der Waals surface area contributed by atoms with Gasteiger partial charge in [0.25, 0.3) is 0 Å². The van der Waals surface area contributed by atoms with Crippen LogP contribution >= 0.6 is 0 Å². The van der Waals surface area contributed by atoms with Crippen LogP contribution in [0.5, 0.6) is 0 Å². The number of pyridine rings is 1. The molecule has 0 unspecified atom stereocenters. The second-order valence-corrected chi connectivity index (χ2v) is 5.84. The molecule has 0 spiro atoms. The Labute approximate surface area is 116 Å². The maximum atomic E-state index is 5.41. The first-order valence-corrected chi connectivity index (χ1v) is 7.03. The van der Waals surface area contributed by atoms with Crippen LogP contribution in [0.15, 0.2) is 18.3 Å². The highest BCUT2D eigenvalue weighted by Crippen LogP contribution is 2.15. The van der Waals surface area contributed by atoms with Crippen LogP contribution in [0, 0.1) is 6.92 Å². The topological polar surface area (TPSA) is 37.4 Å². The van der Waals surface area contributed by atoms with Crippen molar-refractivity contribution in [3.8, 4) is 0 Å². The summed E-state index contributed by atoms with van der Waals surface area (Å²) in [5, 5.41) is 3.51. The summed E-state index contributed by atoms with van der Waals surface area (Å²) in [7, 11) is 0. The van der Waals surface area contributed by atoms with E-state index in [9.17, 15) is 0 Å². The SMILES string of the molecule is Cc1ccc(CNCC(C)(C)N2CCOCC2)nc1. The van der Waals surface area contributed by atoms with Crippen LogP contribution in [-0.4, -0.2) is 48.3 Å². The zero-order valence-corrected chi connectivity index (χ0v) is 12.3. The van der Waals surface area contributed by atoms with Crippen molar-refractivity contribution in [2.75, 3.05) is 32.8 Å². The third-order valence-corrected chi connectivity index (χ3v) is 3.70. The lowest BCUT2D eigenvalue weighted by Gasteiger charge is -2.41. The van der Waals surface area contributed by atoms with Crippen LogP contribution in [0.2, 0.25) is 0 Å². The fourth-order valence-corrected chi connectivity index (χ4v) is 2.38. The number of nitrogens with one attached hydrogen (secondary N) is 1. The molecule has 0 amide bonds. The lowest BCUT2D eigenvalue weighted by Crippen LogP contribution is -2.54. The third-order valence-electron chi connectivity index (χ3n) is 3.70. The standard InChI is InChI=1S/C15H25N3O/c1-13-4-5-14(17-10-13)11-16-12-15(2,3)18-6-8-19-9-7-18/h4-5,10,16H,6-9,11-12H2,1-3H3. The molecular weight excluding hydrogens is 238 g/mol. The predicted molar refractivity (Wildman–Crippen MR) is 77.2 cm³/mol. The first-order chi connectivity index (χ1) is 9.08. The number of aromatic nitrogens is 1. The first kappa shape index (κ1) is 14.4. The number of morpholine rings is 1. The van der Waals surface area contributed by atoms with Gasteiger partial charge in [-0.05, 0) is 32.4 Å². The lowest BCUT2D eigenvalue weighted by molar-refractivity contribution is -0.00968. The van der Waals surface area contributed by atoms with Crippen LogP contribution in [0.4, 0.5) is 0 Å². The van der Waals surface area contributed by atoms with E-state index in [-0.39, 0.29) is 5.54 Å². The molecule has 1 saturated heterocycles. The summed E-state index contributed by atoms with van der Waals surface area (Å²) in [4.78, 5) is 6.91. The van der Waals surface area contributed by atoms with E-state index in [1.54, 1.807) is 0 Å². The predicted octanol–water partition coefficient (Wildman–Crippen LogP) is 1.59. The highest BCUT2D eigenvalue weighted by atomic mass is 16.5. The number of aryl methyl sites for hydroxylation is 1. The molecule has 0 radical (unpaired) electrons. The van der Waals surface area contributed by atoms with Gasteiger partial charge >= 0.3 is 0 Å². The van der Waals surface area contributed by atoms with E-state index >= 15 is 0 Å². The molecule has 4 heteroatoms. The number of nitrogens with zero attached hydrogens (tertiary/aromatic N) is 2. The van der Waals surface area contributed by atoms with Gasteiger partial charge in [-0.2, -0.15) is 0 Å². The summed E-state index contributed by atoms with van der Waals surface area (Å²) in [6, 6.07) is 4.20. The summed E-state index contributed by atoms with van der Waals surface area (Å²) in [6.45, 7) is 12.2. The molecule has 2 rings (SSSR count). The molecule has 0 atom stereocenters. The van der Waals surface area contributed by atoms with Crippen LogP contribution < -0.4 is 5.32 Å². The molecule has 1 aliphatic heterocycles. The average molecular weight is 263 g/mol. The molecule has 1 aromatic heterocycles. The molecule has 0 aliphatic carbocycles. The van der Waals surface area contributed by atoms with E-state index in [0.29, 0.717) is 0 Å². The summed E-state index contributed by atoms with van der Waals surface area (Å²) in [6.07, 6.45) is 1.92. The van der Waals surface area contributed by atoms with Crippen molar-refractivity contribution in [3.05, 3.63) is 29.6 Å². The average Bonchev–Trinajstić information content (AvgIpc) is 2.42. The van der Waals surface area contributed by atoms with Gasteiger partial charge < -0.3 is 10.1 Å². The quantitative estimate of drug-likeness (QED) is 0.875. The summed E-state index contributed by atoms with van der Waals surface area (Å²) >= 11 is 0. The largest absolute Gasteiger partial charge is 0.379 e. The maximum Gasteiger partial charge on any atom is 0.0594 e. The van der Waals surface area contributed by atoms with Crippen LogP contribution in [0.1, 0.15) is 25.1 Å². The highest BCUT2D eigenvalue weighted by molar-refractivity contribution is 5.12. The van der Waals surface area contributed by atoms with E-state index < -0.39 is 0 Å². The zero-order chi connectivity index (χ0) is 13.7. The van der Waals surface area contributed by atoms with E-state index in [1.165, 1.54) is 5.56 Å². The molecule has 0 aromatic carbocycles. The van der Waals surface area contributed by atoms with Gasteiger partial charge in [0.1, 0.15) is 0 Å². The van der Waals surface area contributed by atoms with Crippen LogP contribution in [0.3, 0.4) is 0 Å². The number of hydrogen-bond acceptors (Lipinski definition) is 4. The first-order valence-electron chi connectivity index (χ1n) is 7.03. The van der Waals surface area contributed by atoms with Gasteiger partial charge in [-0.25, -0.2) is 0 Å². The molecule has 1 N–H and O–H groups in total. The van der Waals surface area contributed by atoms with E-state index in [4.69, 9.17) is 4.74 Å². The maximum absolute atomic E-state index is 5.41. The Kier molecular flexibility index (Phi) is 4.91. The lowest BCUT2D eigenvalue weighted by atomic mass is 10.0. The molecule has 0 saturated carbocycles. The van der Waals surface area contributed by atoms with Gasteiger partial charge in [0.15, 0.2) is 0 Å². The summed E-state index contributed by atoms with van der Waals surface area (Å²) in [5.74, 6) is 0. The molecule has 1 aliphatic rings. The fraction of sp³-hybridized carbons (Fsp3) is 0.667.